The highest BCUT2D eigenvalue weighted by Crippen LogP contribution is 2.15. The number of hydrogen-bond donors (Lipinski definition) is 0. The summed E-state index contributed by atoms with van der Waals surface area (Å²) in [6, 6.07) is 0. The van der Waals surface area contributed by atoms with E-state index in [-0.39, 0.29) is 17.8 Å². The average Bonchev–Trinajstić information content (AvgIpc) is 3.30. The zero-order valence-corrected chi connectivity index (χ0v) is 43.6. The van der Waals surface area contributed by atoms with Crippen molar-refractivity contribution in [3.05, 3.63) is 0 Å². The summed E-state index contributed by atoms with van der Waals surface area (Å²) in [5, 5.41) is 0. The first kappa shape index (κ1) is 60.3. The standard InChI is InChI=1S/C55H109N5O4/c1-6-10-14-18-22-28-34-40-56(41-35-29-23-19-15-11-7-2)45-46-58(44-38-31-25-21-17-13-9-4)52-54(62)60-49-47-59(48-50-60)53(61)51-57(42-36-30-24-20-16-12-8-3)43-37-32-26-27-33-39-55(63)64-5/h6-52H2,1-5H3. The third-order valence-electron chi connectivity index (χ3n) is 13.8. The van der Waals surface area contributed by atoms with Gasteiger partial charge >= 0.3 is 5.97 Å². The highest BCUT2D eigenvalue weighted by atomic mass is 16.5. The zero-order chi connectivity index (χ0) is 46.6. The summed E-state index contributed by atoms with van der Waals surface area (Å²) in [6.45, 7) is 20.0. The van der Waals surface area contributed by atoms with Crippen molar-refractivity contribution >= 4 is 17.8 Å². The van der Waals surface area contributed by atoms with Gasteiger partial charge < -0.3 is 19.4 Å². The van der Waals surface area contributed by atoms with Gasteiger partial charge in [0.1, 0.15) is 0 Å². The van der Waals surface area contributed by atoms with Crippen LogP contribution in [0.25, 0.3) is 0 Å². The summed E-state index contributed by atoms with van der Waals surface area (Å²) in [5.41, 5.74) is 0. The minimum Gasteiger partial charge on any atom is -0.469 e. The lowest BCUT2D eigenvalue weighted by Gasteiger charge is -2.37. The molecule has 0 bridgehead atoms. The van der Waals surface area contributed by atoms with Crippen LogP contribution in [0, 0.1) is 0 Å². The number of carbonyl (C=O) groups excluding carboxylic acids is 3. The molecule has 9 heteroatoms. The predicted molar refractivity (Wildman–Crippen MR) is 274 cm³/mol. The summed E-state index contributed by atoms with van der Waals surface area (Å²) in [6.07, 6.45) is 42.5. The van der Waals surface area contributed by atoms with E-state index in [1.807, 2.05) is 9.80 Å². The van der Waals surface area contributed by atoms with E-state index >= 15 is 0 Å². The SMILES string of the molecule is CCCCCCCCCN(CCCCCCCCC)CCN(CCCCCCCCC)CC(=O)N1CCN(C(=O)CN(CCCCCCCCC)CCCCCCCC(=O)OC)CC1. The summed E-state index contributed by atoms with van der Waals surface area (Å²) in [4.78, 5) is 50.9. The molecule has 0 saturated carbocycles. The molecule has 0 spiro atoms. The van der Waals surface area contributed by atoms with Gasteiger partial charge in [-0.1, -0.05) is 201 Å². The predicted octanol–water partition coefficient (Wildman–Crippen LogP) is 13.1. The van der Waals surface area contributed by atoms with Gasteiger partial charge in [-0.15, -0.1) is 0 Å². The largest absolute Gasteiger partial charge is 0.469 e. The van der Waals surface area contributed by atoms with E-state index < -0.39 is 0 Å². The summed E-state index contributed by atoms with van der Waals surface area (Å²) >= 11 is 0. The van der Waals surface area contributed by atoms with Crippen molar-refractivity contribution in [1.29, 1.82) is 0 Å². The molecule has 9 nitrogen and oxygen atoms in total. The molecule has 0 atom stereocenters. The van der Waals surface area contributed by atoms with Crippen LogP contribution in [0.1, 0.15) is 246 Å². The molecule has 1 rings (SSSR count). The second-order valence-electron chi connectivity index (χ2n) is 19.7. The first-order valence-corrected chi connectivity index (χ1v) is 28.2. The number of ether oxygens (including phenoxy) is 1. The maximum atomic E-state index is 14.0. The minimum absolute atomic E-state index is 0.120. The lowest BCUT2D eigenvalue weighted by Crippen LogP contribution is -2.54. The Morgan fingerprint density at radius 2 is 0.594 bits per heavy atom. The molecule has 0 aromatic carbocycles. The number of piperazine rings is 1. The number of hydrogen-bond acceptors (Lipinski definition) is 7. The minimum atomic E-state index is -0.120. The Morgan fingerprint density at radius 3 is 0.906 bits per heavy atom. The number of carbonyl (C=O) groups is 3. The van der Waals surface area contributed by atoms with Crippen LogP contribution in [0.4, 0.5) is 0 Å². The number of unbranched alkanes of at least 4 members (excludes halogenated alkanes) is 28. The lowest BCUT2D eigenvalue weighted by atomic mass is 10.1. The van der Waals surface area contributed by atoms with Crippen LogP contribution in [0.5, 0.6) is 0 Å². The molecule has 1 aliphatic rings. The van der Waals surface area contributed by atoms with Gasteiger partial charge in [0.05, 0.1) is 20.2 Å². The topological polar surface area (TPSA) is 76.6 Å². The van der Waals surface area contributed by atoms with E-state index in [4.69, 9.17) is 4.74 Å². The molecule has 0 aliphatic carbocycles. The highest BCUT2D eigenvalue weighted by molar-refractivity contribution is 5.80. The molecule has 1 heterocycles. The van der Waals surface area contributed by atoms with Crippen LogP contribution in [-0.4, -0.2) is 134 Å². The summed E-state index contributed by atoms with van der Waals surface area (Å²) < 4.78 is 4.79. The van der Waals surface area contributed by atoms with E-state index in [2.05, 4.69) is 42.4 Å². The molecule has 0 N–H and O–H groups in total. The van der Waals surface area contributed by atoms with Crippen molar-refractivity contribution in [2.45, 2.75) is 246 Å². The second-order valence-corrected chi connectivity index (χ2v) is 19.7. The summed E-state index contributed by atoms with van der Waals surface area (Å²) in [7, 11) is 1.46. The number of nitrogens with zero attached hydrogens (tertiary/aromatic N) is 5. The van der Waals surface area contributed by atoms with Crippen LogP contribution < -0.4 is 0 Å². The summed E-state index contributed by atoms with van der Waals surface area (Å²) in [5.74, 6) is 0.342. The third-order valence-corrected chi connectivity index (χ3v) is 13.8. The fraction of sp³-hybridized carbons (Fsp3) is 0.945. The van der Waals surface area contributed by atoms with Gasteiger partial charge in [0.2, 0.25) is 11.8 Å². The van der Waals surface area contributed by atoms with Crippen molar-refractivity contribution in [2.75, 3.05) is 92.2 Å². The molecule has 0 aromatic heterocycles. The quantitative estimate of drug-likeness (QED) is 0.0445. The molecule has 0 radical (unpaired) electrons. The van der Waals surface area contributed by atoms with Crippen LogP contribution in [-0.2, 0) is 19.1 Å². The van der Waals surface area contributed by atoms with Gasteiger partial charge in [-0.05, 0) is 71.2 Å². The Balaban J connectivity index is 2.78. The van der Waals surface area contributed by atoms with Gasteiger partial charge in [-0.2, -0.15) is 0 Å². The lowest BCUT2D eigenvalue weighted by molar-refractivity contribution is -0.140. The van der Waals surface area contributed by atoms with Gasteiger partial charge in [-0.25, -0.2) is 0 Å². The van der Waals surface area contributed by atoms with Gasteiger partial charge in [0, 0.05) is 45.7 Å². The zero-order valence-electron chi connectivity index (χ0n) is 43.6. The first-order chi connectivity index (χ1) is 31.4. The average molecular weight is 905 g/mol. The number of rotatable bonds is 47. The van der Waals surface area contributed by atoms with E-state index in [1.54, 1.807) is 0 Å². The molecule has 378 valence electrons. The van der Waals surface area contributed by atoms with E-state index in [9.17, 15) is 14.4 Å². The van der Waals surface area contributed by atoms with Crippen molar-refractivity contribution in [2.24, 2.45) is 0 Å². The van der Waals surface area contributed by atoms with Gasteiger partial charge in [0.25, 0.3) is 0 Å². The Labute approximate surface area is 398 Å². The maximum Gasteiger partial charge on any atom is 0.305 e. The number of esters is 1. The van der Waals surface area contributed by atoms with E-state index in [1.165, 1.54) is 194 Å². The van der Waals surface area contributed by atoms with Crippen LogP contribution in [0.3, 0.4) is 0 Å². The van der Waals surface area contributed by atoms with Crippen LogP contribution in [0.15, 0.2) is 0 Å². The van der Waals surface area contributed by atoms with E-state index in [0.717, 1.165) is 71.2 Å². The van der Waals surface area contributed by atoms with Gasteiger partial charge in [0.15, 0.2) is 0 Å². The molecule has 0 unspecified atom stereocenters. The molecule has 2 amide bonds. The third kappa shape index (κ3) is 35.5. The Bertz CT molecular complexity index is 1040. The Morgan fingerprint density at radius 1 is 0.344 bits per heavy atom. The number of methoxy groups -OCH3 is 1. The first-order valence-electron chi connectivity index (χ1n) is 28.2. The molecular weight excluding hydrogens is 795 g/mol. The van der Waals surface area contributed by atoms with Crippen LogP contribution >= 0.6 is 0 Å². The normalized spacial score (nSPS) is 13.2. The van der Waals surface area contributed by atoms with Crippen molar-refractivity contribution < 1.29 is 19.1 Å². The van der Waals surface area contributed by atoms with Crippen LogP contribution in [0.2, 0.25) is 0 Å². The smallest absolute Gasteiger partial charge is 0.305 e. The monoisotopic (exact) mass is 904 g/mol. The highest BCUT2D eigenvalue weighted by Gasteiger charge is 2.26. The molecule has 0 aromatic rings. The second kappa shape index (κ2) is 45.1. The molecule has 1 saturated heterocycles. The van der Waals surface area contributed by atoms with Crippen molar-refractivity contribution in [1.82, 2.24) is 24.5 Å². The molecule has 1 fully saturated rings. The van der Waals surface area contributed by atoms with E-state index in [0.29, 0.717) is 45.7 Å². The maximum absolute atomic E-state index is 14.0. The van der Waals surface area contributed by atoms with Crippen molar-refractivity contribution in [3.8, 4) is 0 Å². The Kier molecular flexibility index (Phi) is 42.5. The molecule has 1 aliphatic heterocycles. The Hall–Kier alpha value is -1.71. The van der Waals surface area contributed by atoms with Crippen molar-refractivity contribution in [3.63, 3.8) is 0 Å². The fourth-order valence-electron chi connectivity index (χ4n) is 9.35. The fourth-order valence-corrected chi connectivity index (χ4v) is 9.35. The molecular formula is C55H109N5O4. The van der Waals surface area contributed by atoms with Gasteiger partial charge in [-0.3, -0.25) is 24.2 Å². The number of amides is 2. The molecule has 64 heavy (non-hydrogen) atoms.